The van der Waals surface area contributed by atoms with E-state index in [4.69, 9.17) is 32.7 Å². The molecule has 0 spiro atoms. The lowest BCUT2D eigenvalue weighted by molar-refractivity contribution is -0.145. The molecule has 0 aliphatic carbocycles. The quantitative estimate of drug-likeness (QED) is 0.547. The number of esters is 1. The van der Waals surface area contributed by atoms with E-state index in [1.807, 2.05) is 30.5 Å². The number of hydrogen-bond donors (Lipinski definition) is 2. The summed E-state index contributed by atoms with van der Waals surface area (Å²) in [5.74, 6) is -0.684. The second kappa shape index (κ2) is 9.20. The van der Waals surface area contributed by atoms with Crippen molar-refractivity contribution in [2.24, 2.45) is 0 Å². The van der Waals surface area contributed by atoms with Gasteiger partial charge in [-0.15, -0.1) is 0 Å². The van der Waals surface area contributed by atoms with Crippen LogP contribution in [0.25, 0.3) is 10.9 Å². The Morgan fingerprint density at radius 3 is 2.66 bits per heavy atom. The minimum atomic E-state index is -0.885. The topological polar surface area (TPSA) is 80.4 Å². The van der Waals surface area contributed by atoms with Gasteiger partial charge < -0.3 is 19.8 Å². The van der Waals surface area contributed by atoms with Gasteiger partial charge in [-0.3, -0.25) is 4.79 Å². The summed E-state index contributed by atoms with van der Waals surface area (Å²) in [6.07, 6.45) is 1.21. The Bertz CT molecular complexity index is 1030. The molecule has 3 rings (SSSR count). The second-order valence-electron chi connectivity index (χ2n) is 6.48. The number of nitrogens with one attached hydrogen (secondary N) is 2. The van der Waals surface area contributed by atoms with E-state index in [9.17, 15) is 9.59 Å². The number of aromatic nitrogens is 1. The first-order valence-electron chi connectivity index (χ1n) is 8.94. The predicted molar refractivity (Wildman–Crippen MR) is 113 cm³/mol. The van der Waals surface area contributed by atoms with E-state index >= 15 is 0 Å². The number of amides is 1. The molecule has 2 atom stereocenters. The van der Waals surface area contributed by atoms with Crippen LogP contribution in [0.3, 0.4) is 0 Å². The van der Waals surface area contributed by atoms with Crippen molar-refractivity contribution in [3.8, 4) is 5.75 Å². The zero-order valence-corrected chi connectivity index (χ0v) is 17.4. The molecule has 0 radical (unpaired) electrons. The van der Waals surface area contributed by atoms with E-state index in [2.05, 4.69) is 10.3 Å². The van der Waals surface area contributed by atoms with Crippen molar-refractivity contribution in [1.29, 1.82) is 0 Å². The summed E-state index contributed by atoms with van der Waals surface area (Å²) in [7, 11) is 1.28. The largest absolute Gasteiger partial charge is 0.479 e. The highest BCUT2D eigenvalue weighted by molar-refractivity contribution is 6.35. The molecule has 0 aliphatic rings. The fraction of sp³-hybridized carbons (Fsp3) is 0.238. The zero-order valence-electron chi connectivity index (χ0n) is 15.9. The molecule has 6 nitrogen and oxygen atoms in total. The first kappa shape index (κ1) is 21.0. The maximum Gasteiger partial charge on any atom is 0.328 e. The molecule has 2 unspecified atom stereocenters. The molecular formula is C21H20Cl2N2O4. The molecular weight excluding hydrogens is 415 g/mol. The molecule has 2 aromatic carbocycles. The predicted octanol–water partition coefficient (Wildman–Crippen LogP) is 4.14. The summed E-state index contributed by atoms with van der Waals surface area (Å²) < 4.78 is 10.5. The third-order valence-corrected chi connectivity index (χ3v) is 5.00. The van der Waals surface area contributed by atoms with Crippen molar-refractivity contribution in [3.63, 3.8) is 0 Å². The number of carbonyl (C=O) groups is 2. The summed E-state index contributed by atoms with van der Waals surface area (Å²) in [4.78, 5) is 28.0. The van der Waals surface area contributed by atoms with Gasteiger partial charge >= 0.3 is 5.97 Å². The molecule has 2 N–H and O–H groups in total. The number of benzene rings is 2. The summed E-state index contributed by atoms with van der Waals surface area (Å²) in [6, 6.07) is 11.6. The highest BCUT2D eigenvalue weighted by Gasteiger charge is 2.26. The van der Waals surface area contributed by atoms with Gasteiger partial charge in [0.1, 0.15) is 11.8 Å². The van der Waals surface area contributed by atoms with Crippen molar-refractivity contribution in [3.05, 3.63) is 64.3 Å². The monoisotopic (exact) mass is 434 g/mol. The summed E-state index contributed by atoms with van der Waals surface area (Å²) >= 11 is 12.0. The average molecular weight is 435 g/mol. The van der Waals surface area contributed by atoms with Gasteiger partial charge in [0.15, 0.2) is 6.10 Å². The van der Waals surface area contributed by atoms with Gasteiger partial charge in [-0.05, 0) is 36.8 Å². The number of ether oxygens (including phenoxy) is 2. The normalized spacial score (nSPS) is 13.0. The first-order chi connectivity index (χ1) is 13.9. The molecule has 0 fully saturated rings. The van der Waals surface area contributed by atoms with Crippen LogP contribution >= 0.6 is 23.2 Å². The minimum absolute atomic E-state index is 0.275. The number of methoxy groups -OCH3 is 1. The van der Waals surface area contributed by atoms with Gasteiger partial charge in [0.2, 0.25) is 0 Å². The molecule has 8 heteroatoms. The van der Waals surface area contributed by atoms with E-state index in [-0.39, 0.29) is 6.42 Å². The maximum absolute atomic E-state index is 12.6. The molecule has 0 saturated heterocycles. The van der Waals surface area contributed by atoms with Crippen LogP contribution in [0.1, 0.15) is 12.5 Å². The van der Waals surface area contributed by atoms with Crippen molar-refractivity contribution in [2.75, 3.05) is 7.11 Å². The highest BCUT2D eigenvalue weighted by Crippen LogP contribution is 2.28. The minimum Gasteiger partial charge on any atom is -0.479 e. The van der Waals surface area contributed by atoms with E-state index in [0.717, 1.165) is 16.5 Å². The fourth-order valence-electron chi connectivity index (χ4n) is 2.96. The molecule has 0 bridgehead atoms. The number of para-hydroxylation sites is 1. The van der Waals surface area contributed by atoms with Crippen LogP contribution in [0.2, 0.25) is 10.0 Å². The number of fused-ring (bicyclic) bond motifs is 1. The molecule has 1 aromatic heterocycles. The number of hydrogen-bond acceptors (Lipinski definition) is 4. The van der Waals surface area contributed by atoms with Crippen molar-refractivity contribution < 1.29 is 19.1 Å². The lowest BCUT2D eigenvalue weighted by Crippen LogP contribution is -2.47. The van der Waals surface area contributed by atoms with Gasteiger partial charge in [0.05, 0.1) is 12.1 Å². The van der Waals surface area contributed by atoms with Gasteiger partial charge in [-0.25, -0.2) is 4.79 Å². The molecule has 152 valence electrons. The van der Waals surface area contributed by atoms with Crippen LogP contribution in [-0.4, -0.2) is 36.1 Å². The van der Waals surface area contributed by atoms with Crippen LogP contribution in [0.5, 0.6) is 5.75 Å². The van der Waals surface area contributed by atoms with Crippen molar-refractivity contribution >= 4 is 46.0 Å². The van der Waals surface area contributed by atoms with E-state index in [1.165, 1.54) is 13.2 Å². The van der Waals surface area contributed by atoms with Crippen LogP contribution in [-0.2, 0) is 20.7 Å². The zero-order chi connectivity index (χ0) is 21.0. The van der Waals surface area contributed by atoms with Gasteiger partial charge in [-0.2, -0.15) is 0 Å². The van der Waals surface area contributed by atoms with Gasteiger partial charge in [0.25, 0.3) is 5.91 Å². The van der Waals surface area contributed by atoms with Gasteiger partial charge in [0, 0.05) is 28.5 Å². The Hall–Kier alpha value is -2.70. The van der Waals surface area contributed by atoms with Crippen LogP contribution in [0, 0.1) is 0 Å². The number of carbonyl (C=O) groups excluding carboxylic acids is 2. The standard InChI is InChI=1S/C21H20Cl2N2O4/c1-12(29-19-8-7-14(22)10-16(19)23)20(26)25-18(21(27)28-2)9-13-11-24-17-6-4-3-5-15(13)17/h3-8,10-12,18,24H,9H2,1-2H3,(H,25,26). The molecule has 1 amide bonds. The lowest BCUT2D eigenvalue weighted by Gasteiger charge is -2.20. The Kier molecular flexibility index (Phi) is 6.67. The Balaban J connectivity index is 1.72. The average Bonchev–Trinajstić information content (AvgIpc) is 3.11. The third-order valence-electron chi connectivity index (χ3n) is 4.47. The smallest absolute Gasteiger partial charge is 0.328 e. The number of halogens is 2. The fourth-order valence-corrected chi connectivity index (χ4v) is 3.41. The third kappa shape index (κ3) is 5.02. The van der Waals surface area contributed by atoms with Crippen LogP contribution in [0.15, 0.2) is 48.7 Å². The number of rotatable bonds is 7. The highest BCUT2D eigenvalue weighted by atomic mass is 35.5. The lowest BCUT2D eigenvalue weighted by atomic mass is 10.0. The summed E-state index contributed by atoms with van der Waals surface area (Å²) in [6.45, 7) is 1.57. The van der Waals surface area contributed by atoms with Gasteiger partial charge in [-0.1, -0.05) is 41.4 Å². The SMILES string of the molecule is COC(=O)C(Cc1c[nH]c2ccccc12)NC(=O)C(C)Oc1ccc(Cl)cc1Cl. The summed E-state index contributed by atoms with van der Waals surface area (Å²) in [5, 5.41) is 4.43. The molecule has 3 aromatic rings. The second-order valence-corrected chi connectivity index (χ2v) is 7.33. The maximum atomic E-state index is 12.6. The molecule has 0 aliphatic heterocycles. The Morgan fingerprint density at radius 1 is 1.17 bits per heavy atom. The summed E-state index contributed by atoms with van der Waals surface area (Å²) in [5.41, 5.74) is 1.84. The number of aromatic amines is 1. The van der Waals surface area contributed by atoms with Crippen LogP contribution in [0.4, 0.5) is 0 Å². The first-order valence-corrected chi connectivity index (χ1v) is 9.69. The van der Waals surface area contributed by atoms with Crippen molar-refractivity contribution in [2.45, 2.75) is 25.5 Å². The molecule has 29 heavy (non-hydrogen) atoms. The number of H-pyrrole nitrogens is 1. The van der Waals surface area contributed by atoms with E-state index in [1.54, 1.807) is 19.1 Å². The molecule has 1 heterocycles. The van der Waals surface area contributed by atoms with E-state index < -0.39 is 24.0 Å². The molecule has 0 saturated carbocycles. The van der Waals surface area contributed by atoms with E-state index in [0.29, 0.717) is 15.8 Å². The van der Waals surface area contributed by atoms with Crippen LogP contribution < -0.4 is 10.1 Å². The Labute approximate surface area is 178 Å². The van der Waals surface area contributed by atoms with Crippen molar-refractivity contribution in [1.82, 2.24) is 10.3 Å². The Morgan fingerprint density at radius 2 is 1.93 bits per heavy atom.